The third-order valence-electron chi connectivity index (χ3n) is 2.30. The molecule has 100 valence electrons. The van der Waals surface area contributed by atoms with Crippen LogP contribution in [0.1, 0.15) is 26.0 Å². The Morgan fingerprint density at radius 1 is 1.44 bits per heavy atom. The van der Waals surface area contributed by atoms with Gasteiger partial charge in [-0.1, -0.05) is 6.92 Å². The van der Waals surface area contributed by atoms with Crippen LogP contribution in [0.4, 0.5) is 11.8 Å². The van der Waals surface area contributed by atoms with Crippen LogP contribution in [0.25, 0.3) is 0 Å². The van der Waals surface area contributed by atoms with Crippen molar-refractivity contribution in [3.8, 4) is 0 Å². The highest BCUT2D eigenvalue weighted by molar-refractivity contribution is 5.75. The van der Waals surface area contributed by atoms with E-state index < -0.39 is 0 Å². The first-order valence-corrected chi connectivity index (χ1v) is 6.08. The molecule has 0 unspecified atom stereocenters. The Morgan fingerprint density at radius 2 is 2.17 bits per heavy atom. The number of anilines is 2. The standard InChI is InChI=1S/C12H20N4O2/c1-4-6-16(8-11(17)18-5-2)10-7-9(3)14-12(13)15-10/h7H,4-6,8H2,1-3H3,(H2,13,14,15). The average Bonchev–Trinajstić information content (AvgIpc) is 2.27. The maximum atomic E-state index is 11.5. The fourth-order valence-electron chi connectivity index (χ4n) is 1.64. The minimum Gasteiger partial charge on any atom is -0.465 e. The molecule has 0 amide bonds. The predicted molar refractivity (Wildman–Crippen MR) is 70.3 cm³/mol. The number of carbonyl (C=O) groups excluding carboxylic acids is 1. The maximum Gasteiger partial charge on any atom is 0.325 e. The SMILES string of the molecule is CCCN(CC(=O)OCC)c1cc(C)nc(N)n1. The number of hydrogen-bond acceptors (Lipinski definition) is 6. The molecule has 0 aromatic carbocycles. The highest BCUT2D eigenvalue weighted by Gasteiger charge is 2.14. The molecule has 18 heavy (non-hydrogen) atoms. The van der Waals surface area contributed by atoms with Gasteiger partial charge in [-0.25, -0.2) is 4.98 Å². The highest BCUT2D eigenvalue weighted by atomic mass is 16.5. The van der Waals surface area contributed by atoms with Gasteiger partial charge in [0.15, 0.2) is 0 Å². The fourth-order valence-corrected chi connectivity index (χ4v) is 1.64. The topological polar surface area (TPSA) is 81.3 Å². The van der Waals surface area contributed by atoms with Gasteiger partial charge in [-0.15, -0.1) is 0 Å². The van der Waals surface area contributed by atoms with Crippen LogP contribution >= 0.6 is 0 Å². The van der Waals surface area contributed by atoms with Crippen molar-refractivity contribution in [1.82, 2.24) is 9.97 Å². The van der Waals surface area contributed by atoms with Crippen LogP contribution < -0.4 is 10.6 Å². The Kier molecular flexibility index (Phi) is 5.35. The van der Waals surface area contributed by atoms with E-state index in [1.54, 1.807) is 6.92 Å². The Balaban J connectivity index is 2.85. The summed E-state index contributed by atoms with van der Waals surface area (Å²) in [4.78, 5) is 21.6. The molecule has 6 heteroatoms. The van der Waals surface area contributed by atoms with Gasteiger partial charge in [-0.05, 0) is 20.3 Å². The van der Waals surface area contributed by atoms with Gasteiger partial charge in [-0.2, -0.15) is 4.98 Å². The van der Waals surface area contributed by atoms with Crippen LogP contribution in [0.2, 0.25) is 0 Å². The lowest BCUT2D eigenvalue weighted by atomic mass is 10.3. The van der Waals surface area contributed by atoms with E-state index in [0.717, 1.165) is 12.1 Å². The summed E-state index contributed by atoms with van der Waals surface area (Å²) in [5.74, 6) is 0.616. The molecule has 1 heterocycles. The molecule has 0 radical (unpaired) electrons. The zero-order chi connectivity index (χ0) is 13.5. The lowest BCUT2D eigenvalue weighted by Gasteiger charge is -2.22. The number of nitrogens with zero attached hydrogens (tertiary/aromatic N) is 3. The van der Waals surface area contributed by atoms with Gasteiger partial charge in [0, 0.05) is 18.3 Å². The third-order valence-corrected chi connectivity index (χ3v) is 2.30. The summed E-state index contributed by atoms with van der Waals surface area (Å²) < 4.78 is 4.95. The molecule has 0 saturated heterocycles. The van der Waals surface area contributed by atoms with E-state index >= 15 is 0 Å². The van der Waals surface area contributed by atoms with E-state index in [0.29, 0.717) is 19.0 Å². The number of esters is 1. The zero-order valence-corrected chi connectivity index (χ0v) is 11.1. The normalized spacial score (nSPS) is 10.2. The minimum atomic E-state index is -0.263. The van der Waals surface area contributed by atoms with Crippen molar-refractivity contribution in [2.24, 2.45) is 0 Å². The summed E-state index contributed by atoms with van der Waals surface area (Å²) in [5, 5.41) is 0. The Hall–Kier alpha value is -1.85. The number of aryl methyl sites for hydroxylation is 1. The van der Waals surface area contributed by atoms with E-state index in [2.05, 4.69) is 9.97 Å². The molecule has 0 aliphatic rings. The van der Waals surface area contributed by atoms with E-state index in [9.17, 15) is 4.79 Å². The number of rotatable bonds is 6. The second-order valence-corrected chi connectivity index (χ2v) is 3.95. The number of nitrogens with two attached hydrogens (primary N) is 1. The fraction of sp³-hybridized carbons (Fsp3) is 0.583. The van der Waals surface area contributed by atoms with Gasteiger partial charge in [0.1, 0.15) is 12.4 Å². The quantitative estimate of drug-likeness (QED) is 0.765. The van der Waals surface area contributed by atoms with E-state index in [-0.39, 0.29) is 18.5 Å². The first-order valence-electron chi connectivity index (χ1n) is 6.08. The molecule has 1 aromatic heterocycles. The number of carbonyl (C=O) groups is 1. The summed E-state index contributed by atoms with van der Waals surface area (Å²) in [6.45, 7) is 6.94. The summed E-state index contributed by atoms with van der Waals surface area (Å²) in [6, 6.07) is 1.81. The van der Waals surface area contributed by atoms with Crippen molar-refractivity contribution >= 4 is 17.7 Å². The van der Waals surface area contributed by atoms with Gasteiger partial charge in [0.05, 0.1) is 6.61 Å². The summed E-state index contributed by atoms with van der Waals surface area (Å²) >= 11 is 0. The zero-order valence-electron chi connectivity index (χ0n) is 11.1. The van der Waals surface area contributed by atoms with Crippen molar-refractivity contribution in [2.75, 3.05) is 30.3 Å². The van der Waals surface area contributed by atoms with Crippen molar-refractivity contribution in [3.05, 3.63) is 11.8 Å². The summed E-state index contributed by atoms with van der Waals surface area (Å²) in [5.41, 5.74) is 6.40. The monoisotopic (exact) mass is 252 g/mol. The number of ether oxygens (including phenoxy) is 1. The molecule has 0 bridgehead atoms. The lowest BCUT2D eigenvalue weighted by molar-refractivity contribution is -0.141. The van der Waals surface area contributed by atoms with Crippen LogP contribution in [-0.2, 0) is 9.53 Å². The molecule has 0 spiro atoms. The van der Waals surface area contributed by atoms with Crippen molar-refractivity contribution in [2.45, 2.75) is 27.2 Å². The minimum absolute atomic E-state index is 0.178. The molecule has 0 aliphatic carbocycles. The molecular formula is C12H20N4O2. The molecule has 0 saturated carbocycles. The van der Waals surface area contributed by atoms with Gasteiger partial charge in [0.2, 0.25) is 5.95 Å². The Morgan fingerprint density at radius 3 is 2.72 bits per heavy atom. The molecule has 1 rings (SSSR count). The smallest absolute Gasteiger partial charge is 0.325 e. The van der Waals surface area contributed by atoms with Gasteiger partial charge >= 0.3 is 5.97 Å². The van der Waals surface area contributed by atoms with Crippen LogP contribution in [0.15, 0.2) is 6.07 Å². The van der Waals surface area contributed by atoms with Gasteiger partial charge in [-0.3, -0.25) is 4.79 Å². The van der Waals surface area contributed by atoms with Crippen LogP contribution in [0.5, 0.6) is 0 Å². The second-order valence-electron chi connectivity index (χ2n) is 3.95. The number of nitrogen functional groups attached to an aromatic ring is 1. The van der Waals surface area contributed by atoms with Crippen LogP contribution in [0, 0.1) is 6.92 Å². The van der Waals surface area contributed by atoms with E-state index in [1.807, 2.05) is 24.8 Å². The molecule has 6 nitrogen and oxygen atoms in total. The second kappa shape index (κ2) is 6.78. The van der Waals surface area contributed by atoms with Crippen molar-refractivity contribution in [3.63, 3.8) is 0 Å². The Bertz CT molecular complexity index is 389. The maximum absolute atomic E-state index is 11.5. The largest absolute Gasteiger partial charge is 0.465 e. The molecule has 2 N–H and O–H groups in total. The highest BCUT2D eigenvalue weighted by Crippen LogP contribution is 2.13. The van der Waals surface area contributed by atoms with Gasteiger partial charge in [0.25, 0.3) is 0 Å². The van der Waals surface area contributed by atoms with E-state index in [1.165, 1.54) is 0 Å². The first kappa shape index (κ1) is 14.2. The Labute approximate surface area is 107 Å². The summed E-state index contributed by atoms with van der Waals surface area (Å²) in [6.07, 6.45) is 0.905. The number of aromatic nitrogens is 2. The van der Waals surface area contributed by atoms with Crippen molar-refractivity contribution in [1.29, 1.82) is 0 Å². The number of hydrogen-bond donors (Lipinski definition) is 1. The molecule has 1 aromatic rings. The van der Waals surface area contributed by atoms with E-state index in [4.69, 9.17) is 10.5 Å². The first-order chi connectivity index (χ1) is 8.56. The third kappa shape index (κ3) is 4.20. The molecule has 0 atom stereocenters. The molecule has 0 fully saturated rings. The van der Waals surface area contributed by atoms with Gasteiger partial charge < -0.3 is 15.4 Å². The molecular weight excluding hydrogens is 232 g/mol. The average molecular weight is 252 g/mol. The summed E-state index contributed by atoms with van der Waals surface area (Å²) in [7, 11) is 0. The predicted octanol–water partition coefficient (Wildman–Crippen LogP) is 1.15. The molecule has 0 aliphatic heterocycles. The van der Waals surface area contributed by atoms with Crippen LogP contribution in [-0.4, -0.2) is 35.6 Å². The van der Waals surface area contributed by atoms with Crippen LogP contribution in [0.3, 0.4) is 0 Å². The van der Waals surface area contributed by atoms with Crippen molar-refractivity contribution < 1.29 is 9.53 Å². The lowest BCUT2D eigenvalue weighted by Crippen LogP contribution is -2.32.